The molecule has 4 atom stereocenters. The highest BCUT2D eigenvalue weighted by atomic mass is 28.4. The molecule has 2 aliphatic rings. The second-order valence-corrected chi connectivity index (χ2v) is 14.6. The van der Waals surface area contributed by atoms with Gasteiger partial charge in [0.05, 0.1) is 24.3 Å². The molecule has 0 amide bonds. The van der Waals surface area contributed by atoms with Crippen LogP contribution in [0.3, 0.4) is 0 Å². The van der Waals surface area contributed by atoms with Crippen LogP contribution in [0, 0.1) is 0 Å². The molecule has 0 saturated carbocycles. The van der Waals surface area contributed by atoms with Gasteiger partial charge in [0.1, 0.15) is 12.2 Å². The first-order valence-corrected chi connectivity index (χ1v) is 12.8. The average Bonchev–Trinajstić information content (AvgIpc) is 3.05. The van der Waals surface area contributed by atoms with Crippen LogP contribution in [0.4, 0.5) is 0 Å². The number of carboxylic acids is 1. The van der Waals surface area contributed by atoms with Crippen molar-refractivity contribution >= 4 is 14.3 Å². The summed E-state index contributed by atoms with van der Waals surface area (Å²) in [5.74, 6) is -1.57. The van der Waals surface area contributed by atoms with E-state index in [9.17, 15) is 4.79 Å². The van der Waals surface area contributed by atoms with Crippen molar-refractivity contribution in [1.82, 2.24) is 5.32 Å². The fraction of sp³-hybridized carbons (Fsp3) is 0.667. The third-order valence-electron chi connectivity index (χ3n) is 6.23. The van der Waals surface area contributed by atoms with Crippen LogP contribution < -0.4 is 5.32 Å². The lowest BCUT2D eigenvalue weighted by Gasteiger charge is -2.37. The van der Waals surface area contributed by atoms with Gasteiger partial charge < -0.3 is 24.3 Å². The first kappa shape index (κ1) is 21.5. The van der Waals surface area contributed by atoms with Gasteiger partial charge in [-0.15, -0.1) is 0 Å². The Bertz CT molecular complexity index is 725. The summed E-state index contributed by atoms with van der Waals surface area (Å²) in [6.45, 7) is 15.6. The van der Waals surface area contributed by atoms with E-state index in [-0.39, 0.29) is 34.9 Å². The minimum Gasteiger partial charge on any atom is -0.478 e. The second-order valence-electron chi connectivity index (χ2n) is 9.81. The van der Waals surface area contributed by atoms with E-state index in [2.05, 4.69) is 39.2 Å². The Morgan fingerprint density at radius 2 is 1.75 bits per heavy atom. The largest absolute Gasteiger partial charge is 0.478 e. The summed E-state index contributed by atoms with van der Waals surface area (Å²) >= 11 is 0. The molecule has 0 radical (unpaired) electrons. The van der Waals surface area contributed by atoms with Crippen molar-refractivity contribution < 1.29 is 23.8 Å². The lowest BCUT2D eigenvalue weighted by atomic mass is 10.00. The summed E-state index contributed by atoms with van der Waals surface area (Å²) in [5, 5.41) is 12.9. The van der Waals surface area contributed by atoms with Crippen molar-refractivity contribution in [2.45, 2.75) is 82.8 Å². The summed E-state index contributed by atoms with van der Waals surface area (Å²) in [6, 6.07) is 6.92. The number of carbonyl (C=O) groups is 1. The van der Waals surface area contributed by atoms with Gasteiger partial charge >= 0.3 is 5.97 Å². The Balaban J connectivity index is 1.79. The van der Waals surface area contributed by atoms with Crippen molar-refractivity contribution in [3.63, 3.8) is 0 Å². The maximum Gasteiger partial charge on any atom is 0.335 e. The first-order valence-electron chi connectivity index (χ1n) is 9.90. The van der Waals surface area contributed by atoms with Gasteiger partial charge in [-0.05, 0) is 49.7 Å². The molecular weight excluding hydrogens is 374 g/mol. The van der Waals surface area contributed by atoms with E-state index in [0.717, 1.165) is 5.56 Å². The molecule has 0 unspecified atom stereocenters. The predicted octanol–water partition coefficient (Wildman–Crippen LogP) is 3.94. The maximum atomic E-state index is 11.1. The molecule has 2 aliphatic heterocycles. The van der Waals surface area contributed by atoms with Gasteiger partial charge in [-0.2, -0.15) is 0 Å². The van der Waals surface area contributed by atoms with Crippen LogP contribution in [-0.4, -0.2) is 50.0 Å². The summed E-state index contributed by atoms with van der Waals surface area (Å²) < 4.78 is 18.9. The molecular formula is C21H33NO5Si. The fourth-order valence-electron chi connectivity index (χ4n) is 3.58. The Labute approximate surface area is 168 Å². The molecule has 0 bridgehead atoms. The van der Waals surface area contributed by atoms with Gasteiger partial charge in [0.25, 0.3) is 0 Å². The van der Waals surface area contributed by atoms with Crippen molar-refractivity contribution in [2.75, 3.05) is 6.61 Å². The normalized spacial score (nSPS) is 29.7. The zero-order chi connectivity index (χ0) is 20.9. The third-order valence-corrected chi connectivity index (χ3v) is 10.7. The summed E-state index contributed by atoms with van der Waals surface area (Å²) in [4.78, 5) is 11.1. The number of nitrogens with one attached hydrogen (secondary N) is 1. The van der Waals surface area contributed by atoms with Crippen LogP contribution in [0.1, 0.15) is 56.6 Å². The molecule has 2 fully saturated rings. The van der Waals surface area contributed by atoms with E-state index in [0.29, 0.717) is 6.61 Å². The van der Waals surface area contributed by atoms with E-state index in [4.69, 9.17) is 19.0 Å². The van der Waals surface area contributed by atoms with Gasteiger partial charge in [0.15, 0.2) is 14.1 Å². The number of rotatable bonds is 5. The van der Waals surface area contributed by atoms with E-state index < -0.39 is 20.1 Å². The van der Waals surface area contributed by atoms with E-state index in [1.54, 1.807) is 12.1 Å². The highest BCUT2D eigenvalue weighted by molar-refractivity contribution is 6.74. The third kappa shape index (κ3) is 4.18. The van der Waals surface area contributed by atoms with Crippen molar-refractivity contribution in [1.29, 1.82) is 0 Å². The number of hydrogen-bond acceptors (Lipinski definition) is 5. The minimum atomic E-state index is -1.88. The molecule has 7 heteroatoms. The molecule has 156 valence electrons. The van der Waals surface area contributed by atoms with Crippen LogP contribution >= 0.6 is 0 Å². The van der Waals surface area contributed by atoms with E-state index in [1.807, 2.05) is 26.0 Å². The lowest BCUT2D eigenvalue weighted by Crippen LogP contribution is -2.47. The average molecular weight is 408 g/mol. The smallest absolute Gasteiger partial charge is 0.335 e. The topological polar surface area (TPSA) is 77.0 Å². The van der Waals surface area contributed by atoms with Gasteiger partial charge in [-0.1, -0.05) is 32.9 Å². The first-order chi connectivity index (χ1) is 12.8. The van der Waals surface area contributed by atoms with Crippen molar-refractivity contribution in [3.8, 4) is 0 Å². The van der Waals surface area contributed by atoms with Crippen LogP contribution in [0.25, 0.3) is 0 Å². The number of ether oxygens (including phenoxy) is 2. The van der Waals surface area contributed by atoms with Crippen LogP contribution in [-0.2, 0) is 13.9 Å². The van der Waals surface area contributed by atoms with E-state index >= 15 is 0 Å². The molecule has 0 aliphatic carbocycles. The number of fused-ring (bicyclic) bond motifs is 1. The van der Waals surface area contributed by atoms with Crippen molar-refractivity contribution in [3.05, 3.63) is 35.4 Å². The standard InChI is InChI=1S/C21H33NO5Si/c1-20(2,3)28(6,7)25-12-15-17-18(27-21(4,5)26-17)16(22-15)13-8-10-14(11-9-13)19(23)24/h8-11,15-18,22H,12H2,1-7H3,(H,23,24)/t15-,16+,17-,18+/m1/s1. The fourth-order valence-corrected chi connectivity index (χ4v) is 4.61. The van der Waals surface area contributed by atoms with Crippen molar-refractivity contribution in [2.24, 2.45) is 0 Å². The molecule has 2 saturated heterocycles. The second kappa shape index (κ2) is 7.22. The monoisotopic (exact) mass is 407 g/mol. The van der Waals surface area contributed by atoms with Gasteiger partial charge in [0, 0.05) is 0 Å². The summed E-state index contributed by atoms with van der Waals surface area (Å²) in [7, 11) is -1.88. The SMILES string of the molecule is CC1(C)O[C@@H]2[C@H](O1)[C@@H](CO[Si](C)(C)C(C)(C)C)N[C@H]2c1ccc(C(=O)O)cc1. The molecule has 2 heterocycles. The van der Waals surface area contributed by atoms with Gasteiger partial charge in [-0.3, -0.25) is 0 Å². The molecule has 1 aromatic carbocycles. The summed E-state index contributed by atoms with van der Waals surface area (Å²) in [5.41, 5.74) is 1.27. The quantitative estimate of drug-likeness (QED) is 0.720. The molecule has 1 aromatic rings. The zero-order valence-corrected chi connectivity index (χ0v) is 18.9. The number of benzene rings is 1. The van der Waals surface area contributed by atoms with Gasteiger partial charge in [-0.25, -0.2) is 4.79 Å². The molecule has 0 spiro atoms. The molecule has 0 aromatic heterocycles. The highest BCUT2D eigenvalue weighted by Gasteiger charge is 2.54. The Hall–Kier alpha value is -1.25. The molecule has 2 N–H and O–H groups in total. The Morgan fingerprint density at radius 1 is 1.18 bits per heavy atom. The Kier molecular flexibility index (Phi) is 5.53. The predicted molar refractivity (Wildman–Crippen MR) is 110 cm³/mol. The zero-order valence-electron chi connectivity index (χ0n) is 17.9. The summed E-state index contributed by atoms with van der Waals surface area (Å²) in [6.07, 6.45) is -0.248. The molecule has 28 heavy (non-hydrogen) atoms. The Morgan fingerprint density at radius 3 is 2.29 bits per heavy atom. The lowest BCUT2D eigenvalue weighted by molar-refractivity contribution is -0.157. The van der Waals surface area contributed by atoms with Crippen LogP contribution in [0.2, 0.25) is 18.1 Å². The number of carboxylic acid groups (broad SMARTS) is 1. The maximum absolute atomic E-state index is 11.1. The van der Waals surface area contributed by atoms with Crippen LogP contribution in [0.15, 0.2) is 24.3 Å². The highest BCUT2D eigenvalue weighted by Crippen LogP contribution is 2.43. The van der Waals surface area contributed by atoms with E-state index in [1.165, 1.54) is 0 Å². The molecule has 6 nitrogen and oxygen atoms in total. The minimum absolute atomic E-state index is 0.0186. The van der Waals surface area contributed by atoms with Crippen LogP contribution in [0.5, 0.6) is 0 Å². The number of aromatic carboxylic acids is 1. The van der Waals surface area contributed by atoms with Gasteiger partial charge in [0.2, 0.25) is 0 Å². The number of hydrogen-bond donors (Lipinski definition) is 2. The molecule has 3 rings (SSSR count).